The molecule has 0 saturated heterocycles. The third-order valence-corrected chi connectivity index (χ3v) is 13.1. The van der Waals surface area contributed by atoms with E-state index in [-0.39, 0.29) is 12.6 Å². The third kappa shape index (κ3) is 2.37. The third-order valence-electron chi connectivity index (χ3n) is 13.1. The van der Waals surface area contributed by atoms with Crippen molar-refractivity contribution in [2.75, 3.05) is 0 Å². The van der Waals surface area contributed by atoms with Gasteiger partial charge in [-0.05, 0) is 97.2 Å². The van der Waals surface area contributed by atoms with Crippen molar-refractivity contribution in [1.29, 1.82) is 0 Å². The Kier molecular flexibility index (Phi) is 3.91. The summed E-state index contributed by atoms with van der Waals surface area (Å²) in [5.41, 5.74) is 24.5. The second-order valence-corrected chi connectivity index (χ2v) is 14.9. The molecule has 0 fully saturated rings. The van der Waals surface area contributed by atoms with Gasteiger partial charge in [0.1, 0.15) is 11.2 Å². The highest BCUT2D eigenvalue weighted by Gasteiger charge is 2.58. The van der Waals surface area contributed by atoms with Crippen molar-refractivity contribution in [2.24, 2.45) is 0 Å². The number of fused-ring (bicyclic) bond motifs is 15. The van der Waals surface area contributed by atoms with E-state index >= 15 is 0 Å². The number of hydrogen-bond donors (Lipinski definition) is 0. The monoisotopic (exact) mass is 632 g/mol. The normalized spacial score (nSPS) is 16.8. The summed E-state index contributed by atoms with van der Waals surface area (Å²) in [5, 5.41) is 8.87. The fourth-order valence-electron chi connectivity index (χ4n) is 11.5. The smallest absolute Gasteiger partial charge is 0.252 e. The van der Waals surface area contributed by atoms with Crippen molar-refractivity contribution in [1.82, 2.24) is 9.78 Å². The number of hydrogen-bond acceptors (Lipinski definition) is 2. The van der Waals surface area contributed by atoms with E-state index in [0.717, 1.165) is 22.2 Å². The molecule has 0 radical (unpaired) electrons. The van der Waals surface area contributed by atoms with E-state index in [1.807, 2.05) is 0 Å². The van der Waals surface area contributed by atoms with Gasteiger partial charge in [0.2, 0.25) is 0 Å². The average molecular weight is 633 g/mol. The van der Waals surface area contributed by atoms with Crippen LogP contribution < -0.4 is 16.4 Å². The molecule has 1 spiro atoms. The van der Waals surface area contributed by atoms with Crippen LogP contribution in [0.4, 0.5) is 0 Å². The largest absolute Gasteiger partial charge is 0.457 e. The second-order valence-electron chi connectivity index (χ2n) is 14.9. The minimum absolute atomic E-state index is 0.0151. The van der Waals surface area contributed by atoms with Gasteiger partial charge in [0.05, 0.1) is 22.3 Å². The van der Waals surface area contributed by atoms with E-state index in [2.05, 4.69) is 139 Å². The van der Waals surface area contributed by atoms with E-state index in [4.69, 9.17) is 9.52 Å². The Morgan fingerprint density at radius 2 is 1.28 bits per heavy atom. The molecular weight excluding hydrogens is 607 g/mol. The van der Waals surface area contributed by atoms with E-state index in [0.29, 0.717) is 0 Å². The minimum Gasteiger partial charge on any atom is -0.457 e. The van der Waals surface area contributed by atoms with Crippen molar-refractivity contribution >= 4 is 55.9 Å². The number of furan rings is 1. The van der Waals surface area contributed by atoms with E-state index in [1.54, 1.807) is 0 Å². The van der Waals surface area contributed by atoms with Crippen LogP contribution in [0.15, 0.2) is 132 Å². The van der Waals surface area contributed by atoms with Crippen LogP contribution in [0, 0.1) is 6.92 Å². The zero-order valence-electron chi connectivity index (χ0n) is 27.1. The van der Waals surface area contributed by atoms with Crippen LogP contribution in [-0.4, -0.2) is 16.5 Å². The number of rotatable bonds is 0. The predicted octanol–water partition coefficient (Wildman–Crippen LogP) is 8.21. The summed E-state index contributed by atoms with van der Waals surface area (Å²) in [7, 11) is 0. The predicted molar refractivity (Wildman–Crippen MR) is 201 cm³/mol. The molecular formula is C46H25BN2O. The van der Waals surface area contributed by atoms with Crippen LogP contribution in [-0.2, 0) is 5.41 Å². The fraction of sp³-hybridized carbons (Fsp3) is 0.0652. The lowest BCUT2D eigenvalue weighted by molar-refractivity contribution is 0.671. The Balaban J connectivity index is 1.24. The van der Waals surface area contributed by atoms with Gasteiger partial charge in [-0.1, -0.05) is 115 Å². The van der Waals surface area contributed by atoms with E-state index < -0.39 is 5.41 Å². The van der Waals surface area contributed by atoms with Crippen LogP contribution in [0.25, 0.3) is 60.8 Å². The van der Waals surface area contributed by atoms with Gasteiger partial charge in [0, 0.05) is 22.1 Å². The number of aromatic nitrogens is 2. The summed E-state index contributed by atoms with van der Waals surface area (Å²) >= 11 is 0. The lowest BCUT2D eigenvalue weighted by Gasteiger charge is -2.46. The Morgan fingerprint density at radius 3 is 2.12 bits per heavy atom. The molecule has 9 aromatic rings. The van der Waals surface area contributed by atoms with Gasteiger partial charge >= 0.3 is 0 Å². The van der Waals surface area contributed by atoms with E-state index in [1.165, 1.54) is 99.6 Å². The summed E-state index contributed by atoms with van der Waals surface area (Å²) in [5.74, 6) is 0.169. The molecule has 7 aromatic carbocycles. The standard InChI is InChI=1S/C46H25BN2O/c1-23-29-22-30-26-12-4-7-19-37(26)50-45(30)43-44(29)49(48-23)36-21-20-34-40-41-38-27(28-14-9-18-35(39(28)41)47(43)42(36)40)13-8-17-33(38)46(34)31-15-5-2-10-24(31)25-11-3-6-16-32(25)46/h2-22,41H,1H3. The van der Waals surface area contributed by atoms with Gasteiger partial charge in [-0.3, -0.25) is 0 Å². The zero-order chi connectivity index (χ0) is 32.2. The van der Waals surface area contributed by atoms with Crippen molar-refractivity contribution in [3.8, 4) is 27.9 Å². The highest BCUT2D eigenvalue weighted by molar-refractivity contribution is 7.00. The van der Waals surface area contributed by atoms with Crippen LogP contribution in [0.3, 0.4) is 0 Å². The van der Waals surface area contributed by atoms with Crippen molar-refractivity contribution in [3.05, 3.63) is 172 Å². The van der Waals surface area contributed by atoms with Crippen LogP contribution in [0.1, 0.15) is 50.6 Å². The first kappa shape index (κ1) is 24.9. The second kappa shape index (κ2) is 7.85. The lowest BCUT2D eigenvalue weighted by Crippen LogP contribution is -2.62. The summed E-state index contributed by atoms with van der Waals surface area (Å²) in [6, 6.07) is 48.2. The van der Waals surface area contributed by atoms with Crippen LogP contribution in [0.5, 0.6) is 0 Å². The minimum atomic E-state index is -0.426. The topological polar surface area (TPSA) is 31.0 Å². The zero-order valence-corrected chi connectivity index (χ0v) is 27.1. The van der Waals surface area contributed by atoms with Gasteiger partial charge < -0.3 is 4.42 Å². The lowest BCUT2D eigenvalue weighted by atomic mass is 9.30. The summed E-state index contributed by atoms with van der Waals surface area (Å²) in [6.45, 7) is 2.18. The summed E-state index contributed by atoms with van der Waals surface area (Å²) in [6.07, 6.45) is 0. The van der Waals surface area contributed by atoms with Gasteiger partial charge in [-0.2, -0.15) is 5.10 Å². The first-order valence-electron chi connectivity index (χ1n) is 17.7. The first-order chi connectivity index (χ1) is 24.7. The maximum Gasteiger partial charge on any atom is 0.252 e. The molecule has 14 rings (SSSR count). The molecule has 0 amide bonds. The highest BCUT2D eigenvalue weighted by atomic mass is 16.3. The number of nitrogens with zero attached hydrogens (tertiary/aromatic N) is 2. The quantitative estimate of drug-likeness (QED) is 0.158. The maximum atomic E-state index is 6.93. The van der Waals surface area contributed by atoms with Crippen LogP contribution in [0.2, 0.25) is 0 Å². The molecule has 2 aliphatic heterocycles. The van der Waals surface area contributed by atoms with Gasteiger partial charge in [-0.25, -0.2) is 4.68 Å². The molecule has 4 heteroatoms. The summed E-state index contributed by atoms with van der Waals surface area (Å²) < 4.78 is 9.19. The molecule has 0 N–H and O–H groups in total. The molecule has 4 heterocycles. The molecule has 228 valence electrons. The maximum absolute atomic E-state index is 6.93. The van der Waals surface area contributed by atoms with Crippen LogP contribution >= 0.6 is 0 Å². The van der Waals surface area contributed by atoms with Crippen molar-refractivity contribution in [2.45, 2.75) is 18.3 Å². The molecule has 3 aliphatic carbocycles. The highest BCUT2D eigenvalue weighted by Crippen LogP contribution is 2.65. The van der Waals surface area contributed by atoms with E-state index in [9.17, 15) is 0 Å². The molecule has 0 saturated carbocycles. The van der Waals surface area contributed by atoms with Gasteiger partial charge in [-0.15, -0.1) is 0 Å². The Hall–Kier alpha value is -6.13. The Labute approximate surface area is 287 Å². The number of para-hydroxylation sites is 1. The molecule has 5 aliphatic rings. The molecule has 1 atom stereocenters. The first-order valence-corrected chi connectivity index (χ1v) is 17.7. The number of benzene rings is 7. The Morgan fingerprint density at radius 1 is 0.600 bits per heavy atom. The Bertz CT molecular complexity index is 3100. The number of aryl methyl sites for hydroxylation is 1. The SMILES string of the molecule is Cc1nn2c3c(c4oc5ccccc5c4cc13)B1c3cccc4c3C3c5c-4cccc5C4(c5ccccc5-c5ccccc54)c4ccc-2c1c43. The molecule has 0 bridgehead atoms. The summed E-state index contributed by atoms with van der Waals surface area (Å²) in [4.78, 5) is 0. The molecule has 2 aromatic heterocycles. The molecule has 3 nitrogen and oxygen atoms in total. The van der Waals surface area contributed by atoms with Gasteiger partial charge in [0.25, 0.3) is 6.71 Å². The van der Waals surface area contributed by atoms with Crippen molar-refractivity contribution < 1.29 is 4.42 Å². The van der Waals surface area contributed by atoms with Gasteiger partial charge in [0.15, 0.2) is 0 Å². The fourth-order valence-corrected chi connectivity index (χ4v) is 11.5. The average Bonchev–Trinajstić information content (AvgIpc) is 3.89. The molecule has 50 heavy (non-hydrogen) atoms. The molecule has 1 unspecified atom stereocenters. The van der Waals surface area contributed by atoms with Crippen molar-refractivity contribution in [3.63, 3.8) is 0 Å².